The Labute approximate surface area is 111 Å². The fourth-order valence-electron chi connectivity index (χ4n) is 2.52. The first-order valence-electron chi connectivity index (χ1n) is 7.33. The topological polar surface area (TPSA) is 21.3 Å². The van der Waals surface area contributed by atoms with Crippen LogP contribution in [-0.4, -0.2) is 19.7 Å². The summed E-state index contributed by atoms with van der Waals surface area (Å²) in [6, 6.07) is 8.75. The molecule has 1 N–H and O–H groups in total. The molecular weight excluding hydrogens is 222 g/mol. The Balaban J connectivity index is 1.89. The molecule has 1 aliphatic rings. The van der Waals surface area contributed by atoms with Crippen LogP contribution in [0.25, 0.3) is 0 Å². The predicted molar refractivity (Wildman–Crippen MR) is 76.3 cm³/mol. The molecule has 2 nitrogen and oxygen atoms in total. The van der Waals surface area contributed by atoms with Crippen LogP contribution in [0.5, 0.6) is 5.75 Å². The van der Waals surface area contributed by atoms with E-state index in [0.29, 0.717) is 0 Å². The first-order valence-corrected chi connectivity index (χ1v) is 7.33. The Morgan fingerprint density at radius 2 is 2.00 bits per heavy atom. The maximum Gasteiger partial charge on any atom is 0.119 e. The van der Waals surface area contributed by atoms with Gasteiger partial charge in [0.05, 0.1) is 6.61 Å². The number of hydrogen-bond acceptors (Lipinski definition) is 2. The Morgan fingerprint density at radius 3 is 2.78 bits per heavy atom. The summed E-state index contributed by atoms with van der Waals surface area (Å²) in [6.07, 6.45) is 6.18. The van der Waals surface area contributed by atoms with Gasteiger partial charge in [-0.15, -0.1) is 0 Å². The highest BCUT2D eigenvalue weighted by molar-refractivity contribution is 5.29. The summed E-state index contributed by atoms with van der Waals surface area (Å²) in [4.78, 5) is 0. The minimum atomic E-state index is 0.727. The minimum absolute atomic E-state index is 0.727. The summed E-state index contributed by atoms with van der Waals surface area (Å²) < 4.78 is 5.70. The normalized spacial score (nSPS) is 20.4. The molecule has 0 spiro atoms. The van der Waals surface area contributed by atoms with Crippen molar-refractivity contribution in [3.05, 3.63) is 29.8 Å². The van der Waals surface area contributed by atoms with Gasteiger partial charge in [0.2, 0.25) is 0 Å². The lowest BCUT2D eigenvalue weighted by Gasteiger charge is -2.14. The van der Waals surface area contributed by atoms with E-state index >= 15 is 0 Å². The fraction of sp³-hybridized carbons (Fsp3) is 0.625. The van der Waals surface area contributed by atoms with Crippen LogP contribution in [0.15, 0.2) is 24.3 Å². The standard InChI is InChI=1S/C16H25NO/c1-2-3-13-18-16-8-6-15(7-9-16)14-5-4-11-17-12-10-14/h6-9,14,17H,2-5,10-13H2,1H3. The van der Waals surface area contributed by atoms with Crippen LogP contribution in [0.1, 0.15) is 50.5 Å². The highest BCUT2D eigenvalue weighted by Crippen LogP contribution is 2.27. The molecule has 0 amide bonds. The predicted octanol–water partition coefficient (Wildman–Crippen LogP) is 3.72. The summed E-state index contributed by atoms with van der Waals surface area (Å²) >= 11 is 0. The van der Waals surface area contributed by atoms with Crippen molar-refractivity contribution in [2.24, 2.45) is 0 Å². The second kappa shape index (κ2) is 7.42. The van der Waals surface area contributed by atoms with E-state index in [-0.39, 0.29) is 0 Å². The molecule has 2 heteroatoms. The van der Waals surface area contributed by atoms with E-state index in [4.69, 9.17) is 4.74 Å². The number of benzene rings is 1. The second-order valence-corrected chi connectivity index (χ2v) is 5.15. The molecule has 18 heavy (non-hydrogen) atoms. The van der Waals surface area contributed by atoms with Crippen LogP contribution in [0.2, 0.25) is 0 Å². The van der Waals surface area contributed by atoms with E-state index < -0.39 is 0 Å². The quantitative estimate of drug-likeness (QED) is 0.801. The molecule has 0 saturated carbocycles. The Hall–Kier alpha value is -1.02. The van der Waals surface area contributed by atoms with E-state index in [1.54, 1.807) is 0 Å². The van der Waals surface area contributed by atoms with Crippen molar-refractivity contribution in [3.8, 4) is 5.75 Å². The lowest BCUT2D eigenvalue weighted by atomic mass is 9.92. The molecule has 0 radical (unpaired) electrons. The van der Waals surface area contributed by atoms with Gasteiger partial charge in [-0.3, -0.25) is 0 Å². The molecule has 1 aromatic rings. The number of hydrogen-bond donors (Lipinski definition) is 1. The van der Waals surface area contributed by atoms with Gasteiger partial charge in [-0.05, 0) is 62.4 Å². The van der Waals surface area contributed by atoms with E-state index in [2.05, 4.69) is 36.5 Å². The van der Waals surface area contributed by atoms with Gasteiger partial charge in [-0.2, -0.15) is 0 Å². The van der Waals surface area contributed by atoms with Gasteiger partial charge in [-0.25, -0.2) is 0 Å². The van der Waals surface area contributed by atoms with E-state index in [0.717, 1.165) is 31.2 Å². The van der Waals surface area contributed by atoms with Gasteiger partial charge >= 0.3 is 0 Å². The molecule has 1 heterocycles. The van der Waals surface area contributed by atoms with Gasteiger partial charge < -0.3 is 10.1 Å². The number of rotatable bonds is 5. The second-order valence-electron chi connectivity index (χ2n) is 5.15. The van der Waals surface area contributed by atoms with Crippen molar-refractivity contribution >= 4 is 0 Å². The van der Waals surface area contributed by atoms with Gasteiger partial charge in [0.15, 0.2) is 0 Å². The Morgan fingerprint density at radius 1 is 1.17 bits per heavy atom. The zero-order valence-electron chi connectivity index (χ0n) is 11.5. The van der Waals surface area contributed by atoms with Crippen LogP contribution < -0.4 is 10.1 Å². The lowest BCUT2D eigenvalue weighted by molar-refractivity contribution is 0.309. The third kappa shape index (κ3) is 4.02. The molecule has 100 valence electrons. The molecule has 1 unspecified atom stereocenters. The summed E-state index contributed by atoms with van der Waals surface area (Å²) in [6.45, 7) is 5.35. The molecule has 1 aliphatic heterocycles. The van der Waals surface area contributed by atoms with Crippen molar-refractivity contribution in [2.45, 2.75) is 44.9 Å². The molecule has 1 atom stereocenters. The molecule has 1 saturated heterocycles. The summed E-state index contributed by atoms with van der Waals surface area (Å²) in [5.41, 5.74) is 1.47. The van der Waals surface area contributed by atoms with Crippen molar-refractivity contribution < 1.29 is 4.74 Å². The zero-order chi connectivity index (χ0) is 12.6. The molecular formula is C16H25NO. The molecule has 0 aromatic heterocycles. The first-order chi connectivity index (χ1) is 8.90. The summed E-state index contributed by atoms with van der Waals surface area (Å²) in [5.74, 6) is 1.74. The summed E-state index contributed by atoms with van der Waals surface area (Å²) in [7, 11) is 0. The largest absolute Gasteiger partial charge is 0.494 e. The Kier molecular flexibility index (Phi) is 5.53. The van der Waals surface area contributed by atoms with Gasteiger partial charge in [0, 0.05) is 0 Å². The van der Waals surface area contributed by atoms with Crippen LogP contribution in [0, 0.1) is 0 Å². The van der Waals surface area contributed by atoms with E-state index in [1.165, 1.54) is 37.8 Å². The lowest BCUT2D eigenvalue weighted by Crippen LogP contribution is -2.13. The fourth-order valence-corrected chi connectivity index (χ4v) is 2.52. The number of unbranched alkanes of at least 4 members (excludes halogenated alkanes) is 1. The number of nitrogens with one attached hydrogen (secondary N) is 1. The Bertz CT molecular complexity index is 325. The SMILES string of the molecule is CCCCOc1ccc(C2CCCNCC2)cc1. The van der Waals surface area contributed by atoms with E-state index in [9.17, 15) is 0 Å². The highest BCUT2D eigenvalue weighted by Gasteiger charge is 2.13. The van der Waals surface area contributed by atoms with E-state index in [1.807, 2.05) is 0 Å². The minimum Gasteiger partial charge on any atom is -0.494 e. The van der Waals surface area contributed by atoms with Crippen LogP contribution in [0.3, 0.4) is 0 Å². The van der Waals surface area contributed by atoms with Crippen LogP contribution >= 0.6 is 0 Å². The van der Waals surface area contributed by atoms with Crippen molar-refractivity contribution in [1.82, 2.24) is 5.32 Å². The third-order valence-corrected chi connectivity index (χ3v) is 3.69. The third-order valence-electron chi connectivity index (χ3n) is 3.69. The average molecular weight is 247 g/mol. The zero-order valence-corrected chi connectivity index (χ0v) is 11.5. The van der Waals surface area contributed by atoms with Crippen molar-refractivity contribution in [1.29, 1.82) is 0 Å². The average Bonchev–Trinajstić information content (AvgIpc) is 2.69. The highest BCUT2D eigenvalue weighted by atomic mass is 16.5. The monoisotopic (exact) mass is 247 g/mol. The number of ether oxygens (including phenoxy) is 1. The maximum absolute atomic E-state index is 5.70. The van der Waals surface area contributed by atoms with Gasteiger partial charge in [0.25, 0.3) is 0 Å². The van der Waals surface area contributed by atoms with Crippen LogP contribution in [-0.2, 0) is 0 Å². The maximum atomic E-state index is 5.70. The van der Waals surface area contributed by atoms with Crippen molar-refractivity contribution in [3.63, 3.8) is 0 Å². The molecule has 0 bridgehead atoms. The van der Waals surface area contributed by atoms with Gasteiger partial charge in [0.1, 0.15) is 5.75 Å². The molecule has 2 rings (SSSR count). The summed E-state index contributed by atoms with van der Waals surface area (Å²) in [5, 5.41) is 3.47. The molecule has 1 aromatic carbocycles. The first kappa shape index (κ1) is 13.4. The van der Waals surface area contributed by atoms with Crippen molar-refractivity contribution in [2.75, 3.05) is 19.7 Å². The molecule has 0 aliphatic carbocycles. The molecule has 1 fully saturated rings. The van der Waals surface area contributed by atoms with Gasteiger partial charge in [-0.1, -0.05) is 25.5 Å². The van der Waals surface area contributed by atoms with Crippen LogP contribution in [0.4, 0.5) is 0 Å². The smallest absolute Gasteiger partial charge is 0.119 e.